The lowest BCUT2D eigenvalue weighted by atomic mass is 10.2. The van der Waals surface area contributed by atoms with Gasteiger partial charge in [-0.15, -0.1) is 20.4 Å². The van der Waals surface area contributed by atoms with Gasteiger partial charge in [-0.05, 0) is 36.8 Å². The summed E-state index contributed by atoms with van der Waals surface area (Å²) in [6.07, 6.45) is 3.51. The molecule has 0 aliphatic carbocycles. The van der Waals surface area contributed by atoms with Crippen molar-refractivity contribution in [3.63, 3.8) is 0 Å². The molecule has 0 N–H and O–H groups in total. The van der Waals surface area contributed by atoms with Gasteiger partial charge in [0.25, 0.3) is 5.56 Å². The normalized spacial score (nSPS) is 11.5. The fraction of sp³-hybridized carbons (Fsp3) is 0.154. The average molecular weight is 495 g/mol. The van der Waals surface area contributed by atoms with Gasteiger partial charge in [0.1, 0.15) is 5.82 Å². The maximum atomic E-state index is 13.0. The van der Waals surface area contributed by atoms with Crippen LogP contribution in [0, 0.1) is 0 Å². The van der Waals surface area contributed by atoms with Crippen molar-refractivity contribution in [2.75, 3.05) is 0 Å². The minimum atomic E-state index is -0.0585. The topological polar surface area (TPSA) is 95.8 Å². The van der Waals surface area contributed by atoms with E-state index >= 15 is 0 Å². The number of hydrogen-bond acceptors (Lipinski definition) is 7. The predicted octanol–water partition coefficient (Wildman–Crippen LogP) is 4.06. The minimum absolute atomic E-state index is 0.0585. The molecule has 0 saturated carbocycles. The lowest BCUT2D eigenvalue weighted by Gasteiger charge is -2.11. The fourth-order valence-electron chi connectivity index (χ4n) is 4.34. The Morgan fingerprint density at radius 2 is 1.61 bits per heavy atom. The van der Waals surface area contributed by atoms with Gasteiger partial charge < -0.3 is 0 Å². The summed E-state index contributed by atoms with van der Waals surface area (Å²) in [6.45, 7) is 3.08. The Balaban J connectivity index is 1.41. The number of fused-ring (bicyclic) bond motifs is 3. The molecule has 0 aliphatic heterocycles. The van der Waals surface area contributed by atoms with Crippen molar-refractivity contribution in [3.8, 4) is 11.4 Å². The summed E-state index contributed by atoms with van der Waals surface area (Å²) in [7, 11) is 0. The third-order valence-electron chi connectivity index (χ3n) is 6.06. The molecule has 0 unspecified atom stereocenters. The maximum Gasteiger partial charge on any atom is 0.262 e. The van der Waals surface area contributed by atoms with E-state index in [0.717, 1.165) is 33.4 Å². The zero-order valence-electron chi connectivity index (χ0n) is 19.5. The van der Waals surface area contributed by atoms with Gasteiger partial charge in [0, 0.05) is 24.5 Å². The first-order chi connectivity index (χ1) is 17.7. The molecule has 0 radical (unpaired) electrons. The molecule has 0 fully saturated rings. The lowest BCUT2D eigenvalue weighted by molar-refractivity contribution is 0.714. The number of benzene rings is 2. The molecular formula is C26H22N8OS. The maximum absolute atomic E-state index is 13.0. The number of hydrogen-bond donors (Lipinski definition) is 0. The number of thioether (sulfide) groups is 1. The summed E-state index contributed by atoms with van der Waals surface area (Å²) in [5, 5.41) is 19.3. The number of rotatable bonds is 7. The smallest absolute Gasteiger partial charge is 0.262 e. The first kappa shape index (κ1) is 22.2. The van der Waals surface area contributed by atoms with Gasteiger partial charge in [0.05, 0.1) is 23.2 Å². The molecule has 6 aromatic rings. The van der Waals surface area contributed by atoms with Crippen molar-refractivity contribution < 1.29 is 0 Å². The van der Waals surface area contributed by atoms with Crippen molar-refractivity contribution in [2.45, 2.75) is 30.9 Å². The second-order valence-electron chi connectivity index (χ2n) is 8.22. The highest BCUT2D eigenvalue weighted by atomic mass is 32.2. The van der Waals surface area contributed by atoms with E-state index in [2.05, 4.69) is 42.1 Å². The van der Waals surface area contributed by atoms with Crippen molar-refractivity contribution in [1.82, 2.24) is 38.9 Å². The fourth-order valence-corrected chi connectivity index (χ4v) is 5.19. The first-order valence-corrected chi connectivity index (χ1v) is 12.6. The van der Waals surface area contributed by atoms with Gasteiger partial charge in [-0.25, -0.2) is 0 Å². The molecule has 6 rings (SSSR count). The molecule has 2 aromatic carbocycles. The molecule has 0 bridgehead atoms. The number of pyridine rings is 1. The van der Waals surface area contributed by atoms with Crippen LogP contribution in [0.15, 0.2) is 89.1 Å². The molecular weight excluding hydrogens is 472 g/mol. The van der Waals surface area contributed by atoms with Crippen LogP contribution in [0.5, 0.6) is 0 Å². The van der Waals surface area contributed by atoms with E-state index < -0.39 is 0 Å². The summed E-state index contributed by atoms with van der Waals surface area (Å²) in [6, 6.07) is 21.7. The Bertz CT molecular complexity index is 1720. The van der Waals surface area contributed by atoms with E-state index in [1.165, 1.54) is 0 Å². The number of nitrogens with zero attached hydrogens (tertiary/aromatic N) is 8. The second kappa shape index (κ2) is 9.38. The van der Waals surface area contributed by atoms with Gasteiger partial charge in [-0.1, -0.05) is 54.2 Å². The molecule has 0 saturated heterocycles. The van der Waals surface area contributed by atoms with Crippen LogP contribution in [-0.4, -0.2) is 38.9 Å². The highest BCUT2D eigenvalue weighted by Crippen LogP contribution is 2.27. The van der Waals surface area contributed by atoms with Crippen LogP contribution < -0.4 is 5.56 Å². The van der Waals surface area contributed by atoms with E-state index in [1.807, 2.05) is 65.9 Å². The Hall–Kier alpha value is -4.31. The molecule has 0 amide bonds. The molecule has 9 nitrogen and oxygen atoms in total. The van der Waals surface area contributed by atoms with E-state index in [9.17, 15) is 4.79 Å². The van der Waals surface area contributed by atoms with E-state index in [4.69, 9.17) is 0 Å². The zero-order chi connectivity index (χ0) is 24.5. The van der Waals surface area contributed by atoms with Crippen LogP contribution in [0.3, 0.4) is 0 Å². The standard InChI is InChI=1S/C26H22N8OS/c1-2-32-24(35)20-10-6-7-11-21(20)34-22(28-30-25(32)34)17-36-26-31-29-23(19-12-14-27-15-13-19)33(26)16-18-8-4-3-5-9-18/h3-15H,2,16-17H2,1H3. The Kier molecular flexibility index (Phi) is 5.78. The van der Waals surface area contributed by atoms with E-state index in [0.29, 0.717) is 30.0 Å². The van der Waals surface area contributed by atoms with Crippen LogP contribution in [0.25, 0.3) is 28.1 Å². The molecule has 0 aliphatic rings. The quantitative estimate of drug-likeness (QED) is 0.309. The summed E-state index contributed by atoms with van der Waals surface area (Å²) in [5.41, 5.74) is 2.84. The van der Waals surface area contributed by atoms with Gasteiger partial charge in [-0.2, -0.15) is 0 Å². The molecule has 178 valence electrons. The molecule has 0 spiro atoms. The number of aromatic nitrogens is 8. The monoisotopic (exact) mass is 494 g/mol. The second-order valence-corrected chi connectivity index (χ2v) is 9.16. The van der Waals surface area contributed by atoms with Gasteiger partial charge >= 0.3 is 0 Å². The van der Waals surface area contributed by atoms with E-state index in [1.54, 1.807) is 28.7 Å². The van der Waals surface area contributed by atoms with Crippen molar-refractivity contribution >= 4 is 28.4 Å². The minimum Gasteiger partial charge on any atom is -0.298 e. The zero-order valence-corrected chi connectivity index (χ0v) is 20.3. The molecule has 36 heavy (non-hydrogen) atoms. The summed E-state index contributed by atoms with van der Waals surface area (Å²) >= 11 is 1.54. The van der Waals surface area contributed by atoms with E-state index in [-0.39, 0.29) is 5.56 Å². The molecule has 10 heteroatoms. The van der Waals surface area contributed by atoms with Gasteiger partial charge in [-0.3, -0.25) is 23.3 Å². The molecule has 4 heterocycles. The lowest BCUT2D eigenvalue weighted by Crippen LogP contribution is -2.22. The SMILES string of the molecule is CCn1c(=O)c2ccccc2n2c(CSc3nnc(-c4ccncc4)n3Cc3ccccc3)nnc12. The third kappa shape index (κ3) is 3.85. The summed E-state index contributed by atoms with van der Waals surface area (Å²) < 4.78 is 5.73. The number of aryl methyl sites for hydroxylation is 1. The van der Waals surface area contributed by atoms with Gasteiger partial charge in [0.15, 0.2) is 11.0 Å². The highest BCUT2D eigenvalue weighted by molar-refractivity contribution is 7.98. The van der Waals surface area contributed by atoms with Crippen molar-refractivity contribution in [2.24, 2.45) is 0 Å². The number of para-hydroxylation sites is 1. The highest BCUT2D eigenvalue weighted by Gasteiger charge is 2.19. The van der Waals surface area contributed by atoms with Crippen LogP contribution in [0.2, 0.25) is 0 Å². The van der Waals surface area contributed by atoms with Crippen LogP contribution >= 0.6 is 11.8 Å². The average Bonchev–Trinajstić information content (AvgIpc) is 3.53. The molecule has 4 aromatic heterocycles. The van der Waals surface area contributed by atoms with Crippen LogP contribution in [0.1, 0.15) is 18.3 Å². The van der Waals surface area contributed by atoms with Crippen molar-refractivity contribution in [3.05, 3.63) is 101 Å². The van der Waals surface area contributed by atoms with Crippen LogP contribution in [-0.2, 0) is 18.8 Å². The Labute approximate surface area is 210 Å². The first-order valence-electron chi connectivity index (χ1n) is 11.6. The van der Waals surface area contributed by atoms with Crippen molar-refractivity contribution in [1.29, 1.82) is 0 Å². The third-order valence-corrected chi connectivity index (χ3v) is 7.02. The Morgan fingerprint density at radius 3 is 2.42 bits per heavy atom. The van der Waals surface area contributed by atoms with Gasteiger partial charge in [0.2, 0.25) is 5.78 Å². The summed E-state index contributed by atoms with van der Waals surface area (Å²) in [4.78, 5) is 17.1. The Morgan fingerprint density at radius 1 is 0.833 bits per heavy atom. The molecule has 0 atom stereocenters. The van der Waals surface area contributed by atoms with Crippen LogP contribution in [0.4, 0.5) is 0 Å². The largest absolute Gasteiger partial charge is 0.298 e. The predicted molar refractivity (Wildman–Crippen MR) is 139 cm³/mol. The summed E-state index contributed by atoms with van der Waals surface area (Å²) in [5.74, 6) is 2.57.